The molecule has 2 N–H and O–H groups in total. The van der Waals surface area contributed by atoms with Crippen molar-refractivity contribution >= 4 is 44.2 Å². The molecule has 14 heavy (non-hydrogen) atoms. The molecule has 76 valence electrons. The minimum atomic E-state index is -0.918. The second-order valence-electron chi connectivity index (χ2n) is 2.22. The number of aromatic nitrogens is 1. The molecule has 0 aromatic carbocycles. The summed E-state index contributed by atoms with van der Waals surface area (Å²) in [7, 11) is 0. The van der Waals surface area contributed by atoms with Crippen LogP contribution in [0.15, 0.2) is 3.79 Å². The van der Waals surface area contributed by atoms with Crippen molar-refractivity contribution in [1.29, 1.82) is 0 Å². The van der Waals surface area contributed by atoms with Gasteiger partial charge in [-0.05, 0) is 22.9 Å². The molecular formula is C7H7BrN2O3S. The van der Waals surface area contributed by atoms with E-state index in [0.29, 0.717) is 3.79 Å². The van der Waals surface area contributed by atoms with Crippen molar-refractivity contribution in [2.75, 3.05) is 12.3 Å². The van der Waals surface area contributed by atoms with Gasteiger partial charge in [0.05, 0.1) is 6.61 Å². The first kappa shape index (κ1) is 11.1. The zero-order valence-corrected chi connectivity index (χ0v) is 9.65. The van der Waals surface area contributed by atoms with Gasteiger partial charge < -0.3 is 10.5 Å². The van der Waals surface area contributed by atoms with Crippen LogP contribution < -0.4 is 5.73 Å². The van der Waals surface area contributed by atoms with Crippen molar-refractivity contribution in [3.05, 3.63) is 9.48 Å². The number of ether oxygens (including phenoxy) is 1. The summed E-state index contributed by atoms with van der Waals surface area (Å²) in [5, 5.41) is 0.226. The van der Waals surface area contributed by atoms with Gasteiger partial charge in [0.25, 0.3) is 5.78 Å². The molecule has 1 rings (SSSR count). The number of hydrogen-bond acceptors (Lipinski definition) is 6. The van der Waals surface area contributed by atoms with Gasteiger partial charge in [-0.25, -0.2) is 9.78 Å². The Hall–Kier alpha value is -0.950. The first-order valence-electron chi connectivity index (χ1n) is 3.69. The Labute approximate surface area is 92.4 Å². The Balaban J connectivity index is 2.89. The standard InChI is InChI=1S/C7H7BrN2O3S/c1-2-13-6(12)4(11)3-5(8)14-7(9)10-3/h2H2,1H3,(H2,9,10). The number of rotatable bonds is 3. The first-order chi connectivity index (χ1) is 6.56. The highest BCUT2D eigenvalue weighted by atomic mass is 79.9. The van der Waals surface area contributed by atoms with E-state index in [0.717, 1.165) is 11.3 Å². The highest BCUT2D eigenvalue weighted by Gasteiger charge is 2.23. The Morgan fingerprint density at radius 2 is 2.29 bits per heavy atom. The molecule has 5 nitrogen and oxygen atoms in total. The zero-order valence-electron chi connectivity index (χ0n) is 7.24. The van der Waals surface area contributed by atoms with E-state index in [1.807, 2.05) is 0 Å². The average Bonchev–Trinajstić information content (AvgIpc) is 2.44. The van der Waals surface area contributed by atoms with Crippen LogP contribution in [0.25, 0.3) is 0 Å². The van der Waals surface area contributed by atoms with Crippen molar-refractivity contribution in [1.82, 2.24) is 4.98 Å². The van der Waals surface area contributed by atoms with Crippen molar-refractivity contribution in [2.24, 2.45) is 0 Å². The summed E-state index contributed by atoms with van der Waals surface area (Å²) in [6, 6.07) is 0. The molecule has 1 aromatic heterocycles. The van der Waals surface area contributed by atoms with Crippen molar-refractivity contribution in [2.45, 2.75) is 6.92 Å². The van der Waals surface area contributed by atoms with Crippen LogP contribution in [0.3, 0.4) is 0 Å². The van der Waals surface area contributed by atoms with Crippen LogP contribution in [0.2, 0.25) is 0 Å². The smallest absolute Gasteiger partial charge is 0.381 e. The van der Waals surface area contributed by atoms with Gasteiger partial charge in [-0.2, -0.15) is 0 Å². The SMILES string of the molecule is CCOC(=O)C(=O)c1nc(N)sc1Br. The maximum absolute atomic E-state index is 11.4. The number of hydrogen-bond donors (Lipinski definition) is 1. The summed E-state index contributed by atoms with van der Waals surface area (Å²) in [5.74, 6) is -1.70. The van der Waals surface area contributed by atoms with Crippen LogP contribution in [-0.2, 0) is 9.53 Å². The molecule has 0 saturated heterocycles. The maximum atomic E-state index is 11.4. The molecule has 0 saturated carbocycles. The van der Waals surface area contributed by atoms with Crippen LogP contribution in [-0.4, -0.2) is 23.3 Å². The number of ketones is 1. The predicted octanol–water partition coefficient (Wildman–Crippen LogP) is 1.23. The lowest BCUT2D eigenvalue weighted by molar-refractivity contribution is -0.137. The lowest BCUT2D eigenvalue weighted by Gasteiger charge is -1.97. The summed E-state index contributed by atoms with van der Waals surface area (Å²) >= 11 is 4.17. The summed E-state index contributed by atoms with van der Waals surface area (Å²) < 4.78 is 4.97. The van der Waals surface area contributed by atoms with Crippen molar-refractivity contribution in [3.63, 3.8) is 0 Å². The van der Waals surface area contributed by atoms with E-state index in [1.54, 1.807) is 6.92 Å². The molecule has 0 radical (unpaired) electrons. The van der Waals surface area contributed by atoms with E-state index in [-0.39, 0.29) is 17.4 Å². The molecule has 0 aliphatic carbocycles. The fourth-order valence-corrected chi connectivity index (χ4v) is 2.07. The van der Waals surface area contributed by atoms with Gasteiger partial charge in [0.2, 0.25) is 0 Å². The number of nitrogen functional groups attached to an aromatic ring is 1. The molecule has 1 aromatic rings. The number of esters is 1. The van der Waals surface area contributed by atoms with Crippen molar-refractivity contribution < 1.29 is 14.3 Å². The monoisotopic (exact) mass is 278 g/mol. The van der Waals surface area contributed by atoms with Crippen LogP contribution in [0, 0.1) is 0 Å². The van der Waals surface area contributed by atoms with Crippen LogP contribution in [0.1, 0.15) is 17.4 Å². The number of nitrogens with two attached hydrogens (primary N) is 1. The topological polar surface area (TPSA) is 82.3 Å². The third kappa shape index (κ3) is 2.30. The normalized spacial score (nSPS) is 9.86. The number of halogens is 1. The Morgan fingerprint density at radius 3 is 2.71 bits per heavy atom. The number of carbonyl (C=O) groups is 2. The number of nitrogens with zero attached hydrogens (tertiary/aromatic N) is 1. The maximum Gasteiger partial charge on any atom is 0.381 e. The average molecular weight is 279 g/mol. The highest BCUT2D eigenvalue weighted by molar-refractivity contribution is 9.11. The van der Waals surface area contributed by atoms with Gasteiger partial charge in [-0.3, -0.25) is 4.79 Å². The molecule has 0 amide bonds. The van der Waals surface area contributed by atoms with E-state index in [2.05, 4.69) is 25.7 Å². The lowest BCUT2D eigenvalue weighted by atomic mass is 10.3. The van der Waals surface area contributed by atoms with E-state index in [9.17, 15) is 9.59 Å². The fraction of sp³-hybridized carbons (Fsp3) is 0.286. The number of carbonyl (C=O) groups excluding carboxylic acids is 2. The van der Waals surface area contributed by atoms with Gasteiger partial charge in [0.1, 0.15) is 9.48 Å². The van der Waals surface area contributed by atoms with Crippen LogP contribution >= 0.6 is 27.3 Å². The Kier molecular flexibility index (Phi) is 3.59. The fourth-order valence-electron chi connectivity index (χ4n) is 0.750. The van der Waals surface area contributed by atoms with Crippen LogP contribution in [0.5, 0.6) is 0 Å². The van der Waals surface area contributed by atoms with E-state index >= 15 is 0 Å². The van der Waals surface area contributed by atoms with Gasteiger partial charge in [-0.1, -0.05) is 11.3 Å². The molecule has 0 spiro atoms. The summed E-state index contributed by atoms with van der Waals surface area (Å²) in [6.45, 7) is 1.78. The number of thiazole rings is 1. The van der Waals surface area contributed by atoms with Gasteiger partial charge in [-0.15, -0.1) is 0 Å². The largest absolute Gasteiger partial charge is 0.460 e. The summed E-state index contributed by atoms with van der Waals surface area (Å²) in [5.41, 5.74) is 5.37. The molecular weight excluding hydrogens is 272 g/mol. The summed E-state index contributed by atoms with van der Waals surface area (Å²) in [4.78, 5) is 26.1. The summed E-state index contributed by atoms with van der Waals surface area (Å²) in [6.07, 6.45) is 0. The van der Waals surface area contributed by atoms with E-state index in [4.69, 9.17) is 5.73 Å². The van der Waals surface area contributed by atoms with Crippen molar-refractivity contribution in [3.8, 4) is 0 Å². The van der Waals surface area contributed by atoms with Gasteiger partial charge >= 0.3 is 5.97 Å². The predicted molar refractivity (Wildman–Crippen MR) is 55.2 cm³/mol. The molecule has 1 heterocycles. The Morgan fingerprint density at radius 1 is 1.64 bits per heavy atom. The lowest BCUT2D eigenvalue weighted by Crippen LogP contribution is -2.18. The van der Waals surface area contributed by atoms with Gasteiger partial charge in [0.15, 0.2) is 5.13 Å². The molecule has 7 heteroatoms. The quantitative estimate of drug-likeness (QED) is 0.511. The Bertz CT molecular complexity index is 377. The number of anilines is 1. The van der Waals surface area contributed by atoms with E-state index < -0.39 is 11.8 Å². The second kappa shape index (κ2) is 4.52. The minimum absolute atomic E-state index is 0.00551. The molecule has 0 bridgehead atoms. The van der Waals surface area contributed by atoms with Crippen LogP contribution in [0.4, 0.5) is 5.13 Å². The molecule has 0 aliphatic heterocycles. The van der Waals surface area contributed by atoms with E-state index in [1.165, 1.54) is 0 Å². The molecule has 0 unspecified atom stereocenters. The molecule has 0 fully saturated rings. The zero-order chi connectivity index (χ0) is 10.7. The third-order valence-electron chi connectivity index (χ3n) is 1.28. The molecule has 0 atom stereocenters. The highest BCUT2D eigenvalue weighted by Crippen LogP contribution is 2.26. The third-order valence-corrected chi connectivity index (χ3v) is 2.81. The molecule has 0 aliphatic rings. The second-order valence-corrected chi connectivity index (χ2v) is 4.57. The van der Waals surface area contributed by atoms with Gasteiger partial charge in [0, 0.05) is 0 Å². The first-order valence-corrected chi connectivity index (χ1v) is 5.30. The number of Topliss-reactive ketones (excluding diaryl/α,β-unsaturated/α-hetero) is 1. The minimum Gasteiger partial charge on any atom is -0.460 e.